The van der Waals surface area contributed by atoms with E-state index in [1.807, 2.05) is 0 Å². The Bertz CT molecular complexity index is 31.5. The van der Waals surface area contributed by atoms with Crippen molar-refractivity contribution in [2.45, 2.75) is 26.2 Å². The van der Waals surface area contributed by atoms with Crippen LogP contribution in [0.15, 0.2) is 0 Å². The zero-order chi connectivity index (χ0) is 6.24. The molecule has 0 unspecified atom stereocenters. The molecule has 0 heterocycles. The molecule has 0 N–H and O–H groups in total. The third-order valence-electron chi connectivity index (χ3n) is 0.933. The van der Waals surface area contributed by atoms with E-state index in [1.54, 1.807) is 10.8 Å². The van der Waals surface area contributed by atoms with E-state index in [0.717, 1.165) is 0 Å². The first-order valence-electron chi connectivity index (χ1n) is 2.99. The van der Waals surface area contributed by atoms with Crippen LogP contribution in [-0.2, 0) is 0 Å². The van der Waals surface area contributed by atoms with Gasteiger partial charge >= 0.3 is 0 Å². The van der Waals surface area contributed by atoms with E-state index < -0.39 is 0 Å². The summed E-state index contributed by atoms with van der Waals surface area (Å²) in [5.41, 5.74) is 0. The lowest BCUT2D eigenvalue weighted by atomic mass is 10.2. The van der Waals surface area contributed by atoms with E-state index in [-0.39, 0.29) is 0 Å². The number of hydrogen-bond acceptors (Lipinski definition) is 2. The lowest BCUT2D eigenvalue weighted by Crippen LogP contribution is -1.77. The van der Waals surface area contributed by atoms with E-state index >= 15 is 0 Å². The SMILES string of the molecule is CC[CH]CCCSS. The van der Waals surface area contributed by atoms with Gasteiger partial charge in [-0.15, -0.1) is 11.7 Å². The predicted molar refractivity (Wildman–Crippen MR) is 45.3 cm³/mol. The van der Waals surface area contributed by atoms with Gasteiger partial charge in [-0.2, -0.15) is 0 Å². The summed E-state index contributed by atoms with van der Waals surface area (Å²) >= 11 is 4.03. The lowest BCUT2D eigenvalue weighted by molar-refractivity contribution is 0.861. The fraction of sp³-hybridized carbons (Fsp3) is 0.833. The highest BCUT2D eigenvalue weighted by Crippen LogP contribution is 2.09. The van der Waals surface area contributed by atoms with Crippen molar-refractivity contribution in [3.8, 4) is 0 Å². The largest absolute Gasteiger partial charge is 0.111 e. The first-order valence-corrected chi connectivity index (χ1v) is 5.03. The van der Waals surface area contributed by atoms with Gasteiger partial charge in [-0.3, -0.25) is 0 Å². The Morgan fingerprint density at radius 2 is 2.38 bits per heavy atom. The summed E-state index contributed by atoms with van der Waals surface area (Å²) < 4.78 is 0. The highest BCUT2D eigenvalue weighted by atomic mass is 33.1. The van der Waals surface area contributed by atoms with E-state index in [9.17, 15) is 0 Å². The Balaban J connectivity index is 2.53. The van der Waals surface area contributed by atoms with Crippen LogP contribution in [0.5, 0.6) is 0 Å². The maximum absolute atomic E-state index is 4.03. The molecule has 0 rings (SSSR count). The molecule has 0 fully saturated rings. The molecule has 0 aromatic heterocycles. The average Bonchev–Trinajstić information content (AvgIpc) is 1.81. The maximum atomic E-state index is 4.03. The lowest BCUT2D eigenvalue weighted by Gasteiger charge is -1.92. The maximum Gasteiger partial charge on any atom is 0.00346 e. The van der Waals surface area contributed by atoms with Crippen molar-refractivity contribution >= 4 is 22.5 Å². The molecule has 0 spiro atoms. The Morgan fingerprint density at radius 1 is 1.62 bits per heavy atom. The standard InChI is InChI=1S/C6H13S2/c1-2-3-4-5-6-8-7/h3,7H,2,4-6H2,1H3. The molecule has 0 aliphatic heterocycles. The van der Waals surface area contributed by atoms with Gasteiger partial charge in [-0.25, -0.2) is 0 Å². The predicted octanol–water partition coefficient (Wildman–Crippen LogP) is 2.96. The number of rotatable bonds is 5. The monoisotopic (exact) mass is 149 g/mol. The molecular formula is C6H13S2. The number of unbranched alkanes of at least 4 members (excludes halogenated alkanes) is 3. The fourth-order valence-corrected chi connectivity index (χ4v) is 1.18. The van der Waals surface area contributed by atoms with Gasteiger partial charge in [0.1, 0.15) is 0 Å². The second-order valence-corrected chi connectivity index (χ2v) is 3.11. The Morgan fingerprint density at radius 3 is 2.88 bits per heavy atom. The van der Waals surface area contributed by atoms with Gasteiger partial charge in [0.2, 0.25) is 0 Å². The molecule has 0 nitrogen and oxygen atoms in total. The number of hydrogen-bond donors (Lipinski definition) is 1. The van der Waals surface area contributed by atoms with Crippen LogP contribution in [0.2, 0.25) is 0 Å². The van der Waals surface area contributed by atoms with Crippen molar-refractivity contribution in [1.82, 2.24) is 0 Å². The van der Waals surface area contributed by atoms with Crippen LogP contribution in [0, 0.1) is 6.42 Å². The van der Waals surface area contributed by atoms with Crippen molar-refractivity contribution in [3.63, 3.8) is 0 Å². The Labute approximate surface area is 61.2 Å². The van der Waals surface area contributed by atoms with Crippen LogP contribution in [0.25, 0.3) is 0 Å². The zero-order valence-electron chi connectivity index (χ0n) is 5.26. The summed E-state index contributed by atoms with van der Waals surface area (Å²) in [6.07, 6.45) is 6.05. The van der Waals surface area contributed by atoms with Crippen molar-refractivity contribution in [3.05, 3.63) is 6.42 Å². The van der Waals surface area contributed by atoms with Gasteiger partial charge in [0.05, 0.1) is 0 Å². The van der Waals surface area contributed by atoms with E-state index in [1.165, 1.54) is 25.0 Å². The van der Waals surface area contributed by atoms with Crippen molar-refractivity contribution in [1.29, 1.82) is 0 Å². The molecule has 0 saturated heterocycles. The van der Waals surface area contributed by atoms with E-state index in [0.29, 0.717) is 0 Å². The minimum Gasteiger partial charge on any atom is -0.111 e. The summed E-state index contributed by atoms with van der Waals surface area (Å²) in [6, 6.07) is 0. The second-order valence-electron chi connectivity index (χ2n) is 1.67. The molecule has 0 saturated carbocycles. The van der Waals surface area contributed by atoms with Crippen LogP contribution in [0.4, 0.5) is 0 Å². The molecule has 8 heavy (non-hydrogen) atoms. The molecule has 2 heteroatoms. The molecular weight excluding hydrogens is 136 g/mol. The first kappa shape index (κ1) is 8.70. The smallest absolute Gasteiger partial charge is 0.00346 e. The summed E-state index contributed by atoms with van der Waals surface area (Å²) in [4.78, 5) is 0. The van der Waals surface area contributed by atoms with Crippen LogP contribution in [-0.4, -0.2) is 5.75 Å². The van der Waals surface area contributed by atoms with Crippen LogP contribution >= 0.6 is 22.5 Å². The Hall–Kier alpha value is 0.700. The van der Waals surface area contributed by atoms with Crippen LogP contribution in [0.3, 0.4) is 0 Å². The molecule has 0 aromatic rings. The van der Waals surface area contributed by atoms with Crippen molar-refractivity contribution < 1.29 is 0 Å². The highest BCUT2D eigenvalue weighted by molar-refractivity contribution is 8.68. The van der Waals surface area contributed by atoms with Gasteiger partial charge in [0, 0.05) is 5.75 Å². The second kappa shape index (κ2) is 7.70. The average molecular weight is 149 g/mol. The van der Waals surface area contributed by atoms with Crippen molar-refractivity contribution in [2.75, 3.05) is 5.75 Å². The molecule has 0 amide bonds. The summed E-state index contributed by atoms with van der Waals surface area (Å²) in [5, 5.41) is 0. The highest BCUT2D eigenvalue weighted by Gasteiger charge is 1.84. The molecule has 49 valence electrons. The summed E-state index contributed by atoms with van der Waals surface area (Å²) in [5.74, 6) is 1.18. The van der Waals surface area contributed by atoms with Gasteiger partial charge in [-0.05, 0) is 19.3 Å². The van der Waals surface area contributed by atoms with E-state index in [4.69, 9.17) is 0 Å². The van der Waals surface area contributed by atoms with Gasteiger partial charge in [-0.1, -0.05) is 24.1 Å². The summed E-state index contributed by atoms with van der Waals surface area (Å²) in [7, 11) is 1.63. The Kier molecular flexibility index (Phi) is 8.37. The topological polar surface area (TPSA) is 0 Å². The first-order chi connectivity index (χ1) is 3.91. The minimum atomic E-state index is 1.18. The molecule has 0 bridgehead atoms. The zero-order valence-corrected chi connectivity index (χ0v) is 6.97. The van der Waals surface area contributed by atoms with Crippen LogP contribution in [0.1, 0.15) is 26.2 Å². The third-order valence-corrected chi connectivity index (χ3v) is 1.95. The van der Waals surface area contributed by atoms with Gasteiger partial charge in [0.25, 0.3) is 0 Å². The van der Waals surface area contributed by atoms with Crippen LogP contribution < -0.4 is 0 Å². The normalized spacial score (nSPS) is 9.75. The fourth-order valence-electron chi connectivity index (χ4n) is 0.496. The molecule has 1 radical (unpaired) electrons. The van der Waals surface area contributed by atoms with Crippen molar-refractivity contribution in [2.24, 2.45) is 0 Å². The third kappa shape index (κ3) is 6.70. The number of thiol groups is 1. The minimum absolute atomic E-state index is 1.18. The molecule has 0 aromatic carbocycles. The quantitative estimate of drug-likeness (QED) is 0.356. The molecule has 0 atom stereocenters. The molecule has 0 aliphatic carbocycles. The van der Waals surface area contributed by atoms with Gasteiger partial charge < -0.3 is 0 Å². The van der Waals surface area contributed by atoms with E-state index in [2.05, 4.69) is 25.0 Å². The molecule has 0 aliphatic rings. The summed E-state index contributed by atoms with van der Waals surface area (Å²) in [6.45, 7) is 2.17. The van der Waals surface area contributed by atoms with Gasteiger partial charge in [0.15, 0.2) is 0 Å².